The predicted molar refractivity (Wildman–Crippen MR) is 128 cm³/mol. The minimum Gasteiger partial charge on any atom is -0.431 e. The Balaban J connectivity index is 1.86. The molecule has 1 aliphatic heterocycles. The molecule has 6 heteroatoms. The van der Waals surface area contributed by atoms with Gasteiger partial charge in [0.25, 0.3) is 0 Å². The molecule has 0 saturated carbocycles. The van der Waals surface area contributed by atoms with Gasteiger partial charge < -0.3 is 10.1 Å². The number of hydrogen-bond donors (Lipinski definition) is 1. The number of nitriles is 1. The molecule has 0 aromatic heterocycles. The molecule has 0 amide bonds. The van der Waals surface area contributed by atoms with Crippen molar-refractivity contribution in [2.24, 2.45) is 0 Å². The zero-order valence-corrected chi connectivity index (χ0v) is 19.0. The van der Waals surface area contributed by atoms with Crippen LogP contribution in [0.25, 0.3) is 0 Å². The van der Waals surface area contributed by atoms with Crippen LogP contribution in [0.5, 0.6) is 0 Å². The first kappa shape index (κ1) is 22.0. The highest BCUT2D eigenvalue weighted by Gasteiger charge is 2.46. The Morgan fingerprint density at radius 2 is 1.69 bits per heavy atom. The molecule has 0 aliphatic carbocycles. The van der Waals surface area contributed by atoms with E-state index in [0.29, 0.717) is 27.6 Å². The van der Waals surface area contributed by atoms with Gasteiger partial charge in [0.2, 0.25) is 5.72 Å². The molecule has 4 rings (SSSR count). The Labute approximate surface area is 196 Å². The van der Waals surface area contributed by atoms with Gasteiger partial charge in [0, 0.05) is 22.9 Å². The second-order valence-corrected chi connectivity index (χ2v) is 8.63. The highest BCUT2D eigenvalue weighted by molar-refractivity contribution is 8.02. The van der Waals surface area contributed by atoms with Gasteiger partial charge in [-0.3, -0.25) is 0 Å². The number of allylic oxidation sites excluding steroid dienone is 1. The van der Waals surface area contributed by atoms with Crippen LogP contribution in [0.2, 0.25) is 5.02 Å². The predicted octanol–water partition coefficient (Wildman–Crippen LogP) is 6.23. The quantitative estimate of drug-likeness (QED) is 0.457. The Hall–Kier alpha value is -3.20. The minimum absolute atomic E-state index is 0.326. The van der Waals surface area contributed by atoms with Crippen LogP contribution in [-0.2, 0) is 10.5 Å². The van der Waals surface area contributed by atoms with E-state index in [-0.39, 0.29) is 5.92 Å². The Bertz CT molecular complexity index is 1190. The first-order valence-corrected chi connectivity index (χ1v) is 11.7. The highest BCUT2D eigenvalue weighted by Crippen LogP contribution is 2.47. The molecule has 0 unspecified atom stereocenters. The first-order chi connectivity index (χ1) is 15.6. The van der Waals surface area contributed by atoms with Crippen LogP contribution in [0.3, 0.4) is 0 Å². The second kappa shape index (κ2) is 9.52. The SMILES string of the molecule is CSC1=C(C#N)[C@@H](c2ccccc2Cl)C[C@@](OC(=O)c2ccccc2)(c2ccccc2)N1. The summed E-state index contributed by atoms with van der Waals surface area (Å²) >= 11 is 7.96. The molecule has 3 aromatic rings. The van der Waals surface area contributed by atoms with E-state index in [4.69, 9.17) is 16.3 Å². The number of hydrogen-bond acceptors (Lipinski definition) is 5. The molecule has 1 aliphatic rings. The van der Waals surface area contributed by atoms with Gasteiger partial charge in [0.1, 0.15) is 0 Å². The average Bonchev–Trinajstić information content (AvgIpc) is 2.85. The number of benzene rings is 3. The third-order valence-electron chi connectivity index (χ3n) is 5.52. The van der Waals surface area contributed by atoms with Gasteiger partial charge in [0.05, 0.1) is 22.2 Å². The van der Waals surface area contributed by atoms with Crippen molar-refractivity contribution >= 4 is 29.3 Å². The summed E-state index contributed by atoms with van der Waals surface area (Å²) in [6.45, 7) is 0. The van der Waals surface area contributed by atoms with Crippen LogP contribution in [0, 0.1) is 11.3 Å². The van der Waals surface area contributed by atoms with Gasteiger partial charge in [-0.05, 0) is 30.0 Å². The molecule has 0 fully saturated rings. The van der Waals surface area contributed by atoms with E-state index in [1.807, 2.05) is 66.9 Å². The highest BCUT2D eigenvalue weighted by atomic mass is 35.5. The second-order valence-electron chi connectivity index (χ2n) is 7.41. The molecule has 0 bridgehead atoms. The van der Waals surface area contributed by atoms with Crippen molar-refractivity contribution in [2.75, 3.05) is 6.26 Å². The molecule has 4 nitrogen and oxygen atoms in total. The van der Waals surface area contributed by atoms with E-state index in [9.17, 15) is 10.1 Å². The maximum absolute atomic E-state index is 13.2. The van der Waals surface area contributed by atoms with E-state index in [0.717, 1.165) is 11.1 Å². The van der Waals surface area contributed by atoms with Gasteiger partial charge in [-0.1, -0.05) is 78.3 Å². The Morgan fingerprint density at radius 1 is 1.06 bits per heavy atom. The van der Waals surface area contributed by atoms with Gasteiger partial charge in [-0.15, -0.1) is 11.8 Å². The zero-order chi connectivity index (χ0) is 22.6. The lowest BCUT2D eigenvalue weighted by Crippen LogP contribution is -2.49. The number of carbonyl (C=O) groups is 1. The number of carbonyl (C=O) groups excluding carboxylic acids is 1. The van der Waals surface area contributed by atoms with E-state index in [2.05, 4.69) is 11.4 Å². The standard InChI is InChI=1S/C26H21ClN2O2S/c1-32-24-22(17-28)21(20-14-8-9-15-23(20)27)16-26(29-24,19-12-6-3-7-13-19)31-25(30)18-10-4-2-5-11-18/h2-15,21,29H,16H2,1H3/t21-,26-/m1/s1. The molecule has 2 atom stereocenters. The molecule has 0 spiro atoms. The largest absolute Gasteiger partial charge is 0.431 e. The van der Waals surface area contributed by atoms with Crippen LogP contribution >= 0.6 is 23.4 Å². The Morgan fingerprint density at radius 3 is 2.31 bits per heavy atom. The summed E-state index contributed by atoms with van der Waals surface area (Å²) in [6.07, 6.45) is 2.22. The van der Waals surface area contributed by atoms with E-state index < -0.39 is 11.7 Å². The maximum Gasteiger partial charge on any atom is 0.340 e. The summed E-state index contributed by atoms with van der Waals surface area (Å²) in [5.41, 5.74) is 1.49. The molecule has 1 N–H and O–H groups in total. The minimum atomic E-state index is -1.17. The summed E-state index contributed by atoms with van der Waals surface area (Å²) in [5.74, 6) is -0.790. The van der Waals surface area contributed by atoms with Gasteiger partial charge in [-0.2, -0.15) is 5.26 Å². The lowest BCUT2D eigenvalue weighted by molar-refractivity contribution is -0.0455. The van der Waals surface area contributed by atoms with Crippen molar-refractivity contribution in [3.05, 3.63) is 117 Å². The van der Waals surface area contributed by atoms with Crippen molar-refractivity contribution in [3.8, 4) is 6.07 Å². The van der Waals surface area contributed by atoms with E-state index in [1.54, 1.807) is 24.3 Å². The molecule has 0 saturated heterocycles. The molecule has 160 valence electrons. The molecule has 1 heterocycles. The van der Waals surface area contributed by atoms with E-state index in [1.165, 1.54) is 11.8 Å². The molecule has 3 aromatic carbocycles. The van der Waals surface area contributed by atoms with Crippen molar-refractivity contribution < 1.29 is 9.53 Å². The molecular formula is C26H21ClN2O2S. The molecular weight excluding hydrogens is 440 g/mol. The third-order valence-corrected chi connectivity index (χ3v) is 6.60. The third kappa shape index (κ3) is 4.25. The normalized spacial score (nSPS) is 20.2. The number of nitrogens with one attached hydrogen (secondary N) is 1. The monoisotopic (exact) mass is 460 g/mol. The average molecular weight is 461 g/mol. The molecule has 32 heavy (non-hydrogen) atoms. The maximum atomic E-state index is 13.2. The van der Waals surface area contributed by atoms with Gasteiger partial charge in [-0.25, -0.2) is 4.79 Å². The van der Waals surface area contributed by atoms with Crippen molar-refractivity contribution in [3.63, 3.8) is 0 Å². The number of thioether (sulfide) groups is 1. The molecule has 0 radical (unpaired) electrons. The summed E-state index contributed by atoms with van der Waals surface area (Å²) < 4.78 is 6.22. The van der Waals surface area contributed by atoms with Crippen molar-refractivity contribution in [2.45, 2.75) is 18.1 Å². The first-order valence-electron chi connectivity index (χ1n) is 10.1. The van der Waals surface area contributed by atoms with Crippen LogP contribution < -0.4 is 5.32 Å². The van der Waals surface area contributed by atoms with Gasteiger partial charge in [0.15, 0.2) is 0 Å². The number of rotatable bonds is 5. The lowest BCUT2D eigenvalue weighted by Gasteiger charge is -2.42. The van der Waals surface area contributed by atoms with E-state index >= 15 is 0 Å². The number of esters is 1. The fourth-order valence-electron chi connectivity index (χ4n) is 3.98. The van der Waals surface area contributed by atoms with Crippen LogP contribution in [-0.4, -0.2) is 12.2 Å². The van der Waals surface area contributed by atoms with Crippen LogP contribution in [0.15, 0.2) is 95.5 Å². The van der Waals surface area contributed by atoms with Crippen LogP contribution in [0.1, 0.15) is 33.8 Å². The Kier molecular flexibility index (Phi) is 6.55. The van der Waals surface area contributed by atoms with Crippen molar-refractivity contribution in [1.29, 1.82) is 5.26 Å². The number of halogens is 1. The number of ether oxygens (including phenoxy) is 1. The fourth-order valence-corrected chi connectivity index (χ4v) is 4.92. The smallest absolute Gasteiger partial charge is 0.340 e. The summed E-state index contributed by atoms with van der Waals surface area (Å²) in [6, 6.07) is 28.3. The fraction of sp³-hybridized carbons (Fsp3) is 0.154. The zero-order valence-electron chi connectivity index (χ0n) is 17.4. The summed E-state index contributed by atoms with van der Waals surface area (Å²) in [7, 11) is 0. The van der Waals surface area contributed by atoms with Crippen LogP contribution in [0.4, 0.5) is 0 Å². The summed E-state index contributed by atoms with van der Waals surface area (Å²) in [4.78, 5) is 13.2. The lowest BCUT2D eigenvalue weighted by atomic mass is 9.80. The van der Waals surface area contributed by atoms with Crippen molar-refractivity contribution in [1.82, 2.24) is 5.32 Å². The summed E-state index contributed by atoms with van der Waals surface area (Å²) in [5, 5.41) is 14.6. The number of nitrogens with zero attached hydrogens (tertiary/aromatic N) is 1. The van der Waals surface area contributed by atoms with Gasteiger partial charge >= 0.3 is 5.97 Å². The topological polar surface area (TPSA) is 62.1 Å².